The monoisotopic (exact) mass is 477 g/mol. The molecule has 0 bridgehead atoms. The van der Waals surface area contributed by atoms with Gasteiger partial charge in [0.2, 0.25) is 10.0 Å². The smallest absolute Gasteiger partial charge is 0.322 e. The van der Waals surface area contributed by atoms with E-state index in [4.69, 9.17) is 0 Å². The summed E-state index contributed by atoms with van der Waals surface area (Å²) in [6, 6.07) is 8.83. The maximum atomic E-state index is 12.8. The summed E-state index contributed by atoms with van der Waals surface area (Å²) >= 11 is 0. The van der Waals surface area contributed by atoms with Gasteiger partial charge in [0, 0.05) is 37.4 Å². The van der Waals surface area contributed by atoms with Crippen LogP contribution in [0, 0.1) is 0 Å². The molecule has 2 aromatic rings. The van der Waals surface area contributed by atoms with Gasteiger partial charge < -0.3 is 10.6 Å². The number of sulfonamides is 1. The molecule has 1 saturated heterocycles. The SMILES string of the molecule is O=C(Nc1ccc(S(=O)(=O)C(F)(F)F)cc1)c1cccc(S(=O)(=O)N2CCNCC2)c1. The van der Waals surface area contributed by atoms with E-state index in [2.05, 4.69) is 10.6 Å². The van der Waals surface area contributed by atoms with Crippen LogP contribution in [0.5, 0.6) is 0 Å². The molecular weight excluding hydrogens is 459 g/mol. The second-order valence-corrected chi connectivity index (χ2v) is 10.5. The van der Waals surface area contributed by atoms with Crippen LogP contribution in [0.15, 0.2) is 58.3 Å². The number of piperazine rings is 1. The lowest BCUT2D eigenvalue weighted by Crippen LogP contribution is -2.46. The third kappa shape index (κ3) is 4.89. The highest BCUT2D eigenvalue weighted by Crippen LogP contribution is 2.30. The third-order valence-corrected chi connectivity index (χ3v) is 7.93. The van der Waals surface area contributed by atoms with Crippen molar-refractivity contribution >= 4 is 31.5 Å². The summed E-state index contributed by atoms with van der Waals surface area (Å²) in [6.07, 6.45) is 0. The Morgan fingerprint density at radius 2 is 1.55 bits per heavy atom. The van der Waals surface area contributed by atoms with Gasteiger partial charge in [-0.15, -0.1) is 0 Å². The zero-order valence-corrected chi connectivity index (χ0v) is 17.5. The predicted octanol–water partition coefficient (Wildman–Crippen LogP) is 1.83. The number of carbonyl (C=O) groups excluding carboxylic acids is 1. The fourth-order valence-corrected chi connectivity index (χ4v) is 5.14. The molecule has 1 fully saturated rings. The summed E-state index contributed by atoms with van der Waals surface area (Å²) in [5.41, 5.74) is -5.38. The molecule has 0 aromatic heterocycles. The minimum atomic E-state index is -5.50. The van der Waals surface area contributed by atoms with Crippen molar-refractivity contribution in [1.29, 1.82) is 0 Å². The maximum absolute atomic E-state index is 12.8. The van der Waals surface area contributed by atoms with E-state index in [1.807, 2.05) is 0 Å². The zero-order valence-electron chi connectivity index (χ0n) is 15.9. The Morgan fingerprint density at radius 3 is 2.13 bits per heavy atom. The Morgan fingerprint density at radius 1 is 0.935 bits per heavy atom. The molecule has 1 heterocycles. The first kappa shape index (κ1) is 23.2. The number of rotatable bonds is 5. The lowest BCUT2D eigenvalue weighted by molar-refractivity contribution is -0.0436. The van der Waals surface area contributed by atoms with Gasteiger partial charge in [-0.25, -0.2) is 16.8 Å². The van der Waals surface area contributed by atoms with Gasteiger partial charge in [-0.05, 0) is 42.5 Å². The van der Waals surface area contributed by atoms with Crippen LogP contribution in [0.3, 0.4) is 0 Å². The number of halogens is 3. The minimum absolute atomic E-state index is 0.0169. The number of carbonyl (C=O) groups is 1. The lowest BCUT2D eigenvalue weighted by atomic mass is 10.2. The van der Waals surface area contributed by atoms with E-state index < -0.39 is 36.2 Å². The predicted molar refractivity (Wildman–Crippen MR) is 106 cm³/mol. The molecule has 13 heteroatoms. The molecule has 0 saturated carbocycles. The van der Waals surface area contributed by atoms with Crippen molar-refractivity contribution in [3.63, 3.8) is 0 Å². The Kier molecular flexibility index (Phi) is 6.41. The van der Waals surface area contributed by atoms with Crippen LogP contribution in [-0.4, -0.2) is 58.7 Å². The molecule has 0 spiro atoms. The Hall–Kier alpha value is -2.48. The quantitative estimate of drug-likeness (QED) is 0.680. The van der Waals surface area contributed by atoms with Gasteiger partial charge in [-0.2, -0.15) is 17.5 Å². The first-order valence-corrected chi connectivity index (χ1v) is 11.9. The largest absolute Gasteiger partial charge is 0.501 e. The molecule has 8 nitrogen and oxygen atoms in total. The molecule has 1 aliphatic heterocycles. The van der Waals surface area contributed by atoms with Crippen molar-refractivity contribution in [3.05, 3.63) is 54.1 Å². The van der Waals surface area contributed by atoms with E-state index in [0.29, 0.717) is 26.2 Å². The molecular formula is C18H18F3N3O5S2. The van der Waals surface area contributed by atoms with Gasteiger partial charge in [-0.3, -0.25) is 4.79 Å². The highest BCUT2D eigenvalue weighted by molar-refractivity contribution is 7.92. The van der Waals surface area contributed by atoms with Crippen LogP contribution in [-0.2, 0) is 19.9 Å². The van der Waals surface area contributed by atoms with Crippen molar-refractivity contribution in [2.45, 2.75) is 15.3 Å². The molecule has 2 N–H and O–H groups in total. The summed E-state index contributed by atoms with van der Waals surface area (Å²) in [5, 5.41) is 5.45. The maximum Gasteiger partial charge on any atom is 0.501 e. The van der Waals surface area contributed by atoms with Crippen molar-refractivity contribution in [3.8, 4) is 0 Å². The van der Waals surface area contributed by atoms with Gasteiger partial charge in [0.25, 0.3) is 15.7 Å². The van der Waals surface area contributed by atoms with Crippen LogP contribution in [0.2, 0.25) is 0 Å². The van der Waals surface area contributed by atoms with Crippen LogP contribution in [0.4, 0.5) is 18.9 Å². The van der Waals surface area contributed by atoms with Crippen LogP contribution < -0.4 is 10.6 Å². The molecule has 0 unspecified atom stereocenters. The van der Waals surface area contributed by atoms with Gasteiger partial charge >= 0.3 is 5.51 Å². The van der Waals surface area contributed by atoms with Crippen molar-refractivity contribution < 1.29 is 34.8 Å². The molecule has 1 amide bonds. The van der Waals surface area contributed by atoms with E-state index in [9.17, 15) is 34.8 Å². The summed E-state index contributed by atoms with van der Waals surface area (Å²) in [6.45, 7) is 1.62. The number of benzene rings is 2. The molecule has 168 valence electrons. The molecule has 31 heavy (non-hydrogen) atoms. The number of hydrogen-bond acceptors (Lipinski definition) is 6. The van der Waals surface area contributed by atoms with E-state index >= 15 is 0 Å². The van der Waals surface area contributed by atoms with Crippen molar-refractivity contribution in [2.24, 2.45) is 0 Å². The summed E-state index contributed by atoms with van der Waals surface area (Å²) < 4.78 is 87.4. The van der Waals surface area contributed by atoms with E-state index in [0.717, 1.165) is 24.3 Å². The van der Waals surface area contributed by atoms with Gasteiger partial charge in [0.15, 0.2) is 0 Å². The number of nitrogens with zero attached hydrogens (tertiary/aromatic N) is 1. The average Bonchev–Trinajstić information content (AvgIpc) is 2.74. The molecule has 1 aliphatic rings. The van der Waals surface area contributed by atoms with Crippen LogP contribution >= 0.6 is 0 Å². The van der Waals surface area contributed by atoms with Gasteiger partial charge in [0.1, 0.15) is 0 Å². The number of amides is 1. The first-order chi connectivity index (χ1) is 14.4. The van der Waals surface area contributed by atoms with Gasteiger partial charge in [0.05, 0.1) is 9.79 Å². The lowest BCUT2D eigenvalue weighted by Gasteiger charge is -2.26. The molecule has 3 rings (SSSR count). The Bertz CT molecular complexity index is 1170. The fourth-order valence-electron chi connectivity index (χ4n) is 2.89. The minimum Gasteiger partial charge on any atom is -0.322 e. The standard InChI is InChI=1S/C18H18F3N3O5S2/c19-18(20,21)30(26,27)15-6-4-14(5-7-15)23-17(25)13-2-1-3-16(12-13)31(28,29)24-10-8-22-9-11-24/h1-7,12,22H,8-11H2,(H,23,25). The first-order valence-electron chi connectivity index (χ1n) is 8.96. The molecule has 0 atom stereocenters. The number of sulfone groups is 1. The number of anilines is 1. The highest BCUT2D eigenvalue weighted by Gasteiger charge is 2.46. The topological polar surface area (TPSA) is 113 Å². The summed E-state index contributed by atoms with van der Waals surface area (Å²) in [4.78, 5) is 11.5. The van der Waals surface area contributed by atoms with E-state index in [-0.39, 0.29) is 16.1 Å². The second-order valence-electron chi connectivity index (χ2n) is 6.61. The van der Waals surface area contributed by atoms with Crippen molar-refractivity contribution in [1.82, 2.24) is 9.62 Å². The Labute approximate surface area is 177 Å². The van der Waals surface area contributed by atoms with E-state index in [1.165, 1.54) is 28.6 Å². The molecule has 0 radical (unpaired) electrons. The average molecular weight is 477 g/mol. The van der Waals surface area contributed by atoms with Crippen LogP contribution in [0.25, 0.3) is 0 Å². The number of nitrogens with one attached hydrogen (secondary N) is 2. The van der Waals surface area contributed by atoms with E-state index in [1.54, 1.807) is 0 Å². The zero-order chi connectivity index (χ0) is 22.9. The normalized spacial score (nSPS) is 16.1. The van der Waals surface area contributed by atoms with Gasteiger partial charge in [-0.1, -0.05) is 6.07 Å². The second kappa shape index (κ2) is 8.57. The fraction of sp³-hybridized carbons (Fsp3) is 0.278. The number of alkyl halides is 3. The highest BCUT2D eigenvalue weighted by atomic mass is 32.2. The van der Waals surface area contributed by atoms with Crippen molar-refractivity contribution in [2.75, 3.05) is 31.5 Å². The Balaban J connectivity index is 1.78. The molecule has 2 aromatic carbocycles. The third-order valence-electron chi connectivity index (χ3n) is 4.54. The summed E-state index contributed by atoms with van der Waals surface area (Å²) in [7, 11) is -9.28. The molecule has 0 aliphatic carbocycles. The number of hydrogen-bond donors (Lipinski definition) is 2. The van der Waals surface area contributed by atoms with Crippen LogP contribution in [0.1, 0.15) is 10.4 Å². The summed E-state index contributed by atoms with van der Waals surface area (Å²) in [5.74, 6) is -0.705.